The second-order valence-electron chi connectivity index (χ2n) is 2.66. The molecule has 2 aromatic rings. The molecule has 0 unspecified atom stereocenters. The Hall–Kier alpha value is -1.23. The highest BCUT2D eigenvalue weighted by Gasteiger charge is 2.07. The Labute approximate surface area is 88.1 Å². The molecule has 5 heteroatoms. The maximum Gasteiger partial charge on any atom is 0.257 e. The van der Waals surface area contributed by atoms with E-state index in [4.69, 9.17) is 4.52 Å². The van der Waals surface area contributed by atoms with Gasteiger partial charge in [0, 0.05) is 5.56 Å². The van der Waals surface area contributed by atoms with Gasteiger partial charge in [-0.2, -0.15) is 4.98 Å². The number of rotatable bonds is 2. The van der Waals surface area contributed by atoms with Gasteiger partial charge in [-0.1, -0.05) is 21.1 Å². The first kappa shape index (κ1) is 9.33. The van der Waals surface area contributed by atoms with E-state index in [0.717, 1.165) is 0 Å². The number of aromatic nitrogens is 2. The predicted octanol–water partition coefficient (Wildman–Crippen LogP) is 2.77. The van der Waals surface area contributed by atoms with Gasteiger partial charge in [-0.3, -0.25) is 0 Å². The predicted molar refractivity (Wildman–Crippen MR) is 52.3 cm³/mol. The standard InChI is InChI=1S/C9H6BrFN2O/c10-5-8-12-9(14-13-8)6-1-3-7(11)4-2-6/h1-4H,5H2. The normalized spacial score (nSPS) is 10.4. The van der Waals surface area contributed by atoms with E-state index < -0.39 is 0 Å². The highest BCUT2D eigenvalue weighted by molar-refractivity contribution is 9.08. The zero-order chi connectivity index (χ0) is 9.97. The van der Waals surface area contributed by atoms with Gasteiger partial charge in [0.05, 0.1) is 5.33 Å². The van der Waals surface area contributed by atoms with E-state index in [1.54, 1.807) is 12.1 Å². The number of hydrogen-bond acceptors (Lipinski definition) is 3. The van der Waals surface area contributed by atoms with Crippen LogP contribution in [0.1, 0.15) is 5.82 Å². The van der Waals surface area contributed by atoms with Crippen molar-refractivity contribution < 1.29 is 8.91 Å². The Kier molecular flexibility index (Phi) is 2.58. The van der Waals surface area contributed by atoms with Crippen LogP contribution >= 0.6 is 15.9 Å². The van der Waals surface area contributed by atoms with Gasteiger partial charge in [0.1, 0.15) is 5.82 Å². The van der Waals surface area contributed by atoms with Crippen molar-refractivity contribution >= 4 is 15.9 Å². The molecule has 0 aliphatic carbocycles. The molecule has 0 fully saturated rings. The Morgan fingerprint density at radius 3 is 2.57 bits per heavy atom. The molecule has 1 aromatic heterocycles. The van der Waals surface area contributed by atoms with E-state index in [1.807, 2.05) is 0 Å². The molecule has 0 bridgehead atoms. The lowest BCUT2D eigenvalue weighted by molar-refractivity contribution is 0.425. The van der Waals surface area contributed by atoms with Crippen molar-refractivity contribution in [3.8, 4) is 11.5 Å². The van der Waals surface area contributed by atoms with Crippen LogP contribution in [0.15, 0.2) is 28.8 Å². The maximum absolute atomic E-state index is 12.6. The molecule has 1 aromatic carbocycles. The Bertz CT molecular complexity index is 427. The van der Waals surface area contributed by atoms with Crippen molar-refractivity contribution in [3.05, 3.63) is 35.9 Å². The molecule has 1 heterocycles. The molecule has 2 rings (SSSR count). The minimum Gasteiger partial charge on any atom is -0.334 e. The number of benzene rings is 1. The van der Waals surface area contributed by atoms with Gasteiger partial charge in [-0.05, 0) is 24.3 Å². The summed E-state index contributed by atoms with van der Waals surface area (Å²) in [5.74, 6) is 0.692. The summed E-state index contributed by atoms with van der Waals surface area (Å²) in [6.07, 6.45) is 0. The fraction of sp³-hybridized carbons (Fsp3) is 0.111. The van der Waals surface area contributed by atoms with Crippen LogP contribution in [0, 0.1) is 5.82 Å². The highest BCUT2D eigenvalue weighted by Crippen LogP contribution is 2.17. The van der Waals surface area contributed by atoms with Crippen molar-refractivity contribution in [1.29, 1.82) is 0 Å². The molecule has 0 amide bonds. The summed E-state index contributed by atoms with van der Waals surface area (Å²) in [5, 5.41) is 4.25. The molecule has 0 N–H and O–H groups in total. The van der Waals surface area contributed by atoms with E-state index in [2.05, 4.69) is 26.1 Å². The van der Waals surface area contributed by atoms with Crippen molar-refractivity contribution in [3.63, 3.8) is 0 Å². The van der Waals surface area contributed by atoms with Gasteiger partial charge >= 0.3 is 0 Å². The molecule has 0 aliphatic rings. The number of nitrogens with zero attached hydrogens (tertiary/aromatic N) is 2. The van der Waals surface area contributed by atoms with Crippen LogP contribution < -0.4 is 0 Å². The molecule has 14 heavy (non-hydrogen) atoms. The minimum atomic E-state index is -0.283. The van der Waals surface area contributed by atoms with E-state index in [-0.39, 0.29) is 5.82 Å². The Morgan fingerprint density at radius 1 is 1.29 bits per heavy atom. The molecule has 0 saturated heterocycles. The molecule has 0 atom stereocenters. The monoisotopic (exact) mass is 256 g/mol. The molecule has 72 valence electrons. The third-order valence-corrected chi connectivity index (χ3v) is 2.18. The summed E-state index contributed by atoms with van der Waals surface area (Å²) < 4.78 is 17.6. The molecular weight excluding hydrogens is 251 g/mol. The lowest BCUT2D eigenvalue weighted by Gasteiger charge is -1.91. The molecule has 0 spiro atoms. The van der Waals surface area contributed by atoms with Crippen LogP contribution in [0.3, 0.4) is 0 Å². The fourth-order valence-electron chi connectivity index (χ4n) is 1.02. The third-order valence-electron chi connectivity index (χ3n) is 1.68. The van der Waals surface area contributed by atoms with Gasteiger partial charge < -0.3 is 4.52 Å². The van der Waals surface area contributed by atoms with E-state index in [0.29, 0.717) is 22.6 Å². The summed E-state index contributed by atoms with van der Waals surface area (Å²) in [7, 11) is 0. The average molecular weight is 257 g/mol. The first-order valence-corrected chi connectivity index (χ1v) is 5.06. The second-order valence-corrected chi connectivity index (χ2v) is 3.22. The van der Waals surface area contributed by atoms with E-state index >= 15 is 0 Å². The Balaban J connectivity index is 2.34. The lowest BCUT2D eigenvalue weighted by atomic mass is 10.2. The third kappa shape index (κ3) is 1.82. The van der Waals surface area contributed by atoms with Gasteiger partial charge in [-0.15, -0.1) is 0 Å². The zero-order valence-electron chi connectivity index (χ0n) is 7.08. The lowest BCUT2D eigenvalue weighted by Crippen LogP contribution is -1.81. The number of halogens is 2. The van der Waals surface area contributed by atoms with Gasteiger partial charge in [0.15, 0.2) is 5.82 Å². The molecule has 0 saturated carbocycles. The molecule has 0 radical (unpaired) electrons. The van der Waals surface area contributed by atoms with Crippen molar-refractivity contribution in [1.82, 2.24) is 10.1 Å². The van der Waals surface area contributed by atoms with E-state index in [9.17, 15) is 4.39 Å². The van der Waals surface area contributed by atoms with Crippen molar-refractivity contribution in [2.45, 2.75) is 5.33 Å². The van der Waals surface area contributed by atoms with Gasteiger partial charge in [0.25, 0.3) is 5.89 Å². The van der Waals surface area contributed by atoms with Crippen molar-refractivity contribution in [2.24, 2.45) is 0 Å². The number of hydrogen-bond donors (Lipinski definition) is 0. The first-order valence-electron chi connectivity index (χ1n) is 3.94. The largest absolute Gasteiger partial charge is 0.334 e. The van der Waals surface area contributed by atoms with Crippen LogP contribution in [0.2, 0.25) is 0 Å². The van der Waals surface area contributed by atoms with Crippen LogP contribution in [0.5, 0.6) is 0 Å². The van der Waals surface area contributed by atoms with Gasteiger partial charge in [-0.25, -0.2) is 4.39 Å². The van der Waals surface area contributed by atoms with Crippen LogP contribution in [-0.4, -0.2) is 10.1 Å². The topological polar surface area (TPSA) is 38.9 Å². The molecule has 0 aliphatic heterocycles. The maximum atomic E-state index is 12.6. The van der Waals surface area contributed by atoms with Gasteiger partial charge in [0.2, 0.25) is 0 Å². The smallest absolute Gasteiger partial charge is 0.257 e. The summed E-state index contributed by atoms with van der Waals surface area (Å²) >= 11 is 3.21. The SMILES string of the molecule is Fc1ccc(-c2nc(CBr)no2)cc1. The zero-order valence-corrected chi connectivity index (χ0v) is 8.66. The summed E-state index contributed by atoms with van der Waals surface area (Å²) in [4.78, 5) is 4.08. The second kappa shape index (κ2) is 3.88. The fourth-order valence-corrected chi connectivity index (χ4v) is 1.25. The van der Waals surface area contributed by atoms with E-state index in [1.165, 1.54) is 12.1 Å². The molecule has 3 nitrogen and oxygen atoms in total. The van der Waals surface area contributed by atoms with Crippen LogP contribution in [-0.2, 0) is 5.33 Å². The summed E-state index contributed by atoms with van der Waals surface area (Å²) in [6.45, 7) is 0. The Morgan fingerprint density at radius 2 is 2.00 bits per heavy atom. The summed E-state index contributed by atoms with van der Waals surface area (Å²) in [5.41, 5.74) is 0.714. The van der Waals surface area contributed by atoms with Crippen LogP contribution in [0.4, 0.5) is 4.39 Å². The summed E-state index contributed by atoms with van der Waals surface area (Å²) in [6, 6.07) is 5.91. The quantitative estimate of drug-likeness (QED) is 0.776. The minimum absolute atomic E-state index is 0.283. The highest BCUT2D eigenvalue weighted by atomic mass is 79.9. The van der Waals surface area contributed by atoms with Crippen LogP contribution in [0.25, 0.3) is 11.5 Å². The number of alkyl halides is 1. The van der Waals surface area contributed by atoms with Crippen molar-refractivity contribution in [2.75, 3.05) is 0 Å². The molecular formula is C9H6BrFN2O. The average Bonchev–Trinajstić information content (AvgIpc) is 2.67. The first-order chi connectivity index (χ1) is 6.79.